The quantitative estimate of drug-likeness (QED) is 0.695. The van der Waals surface area contributed by atoms with E-state index in [4.69, 9.17) is 4.74 Å². The van der Waals surface area contributed by atoms with Crippen LogP contribution in [0.4, 0.5) is 4.39 Å². The number of carbonyl (C=O) groups excluding carboxylic acids is 2. The zero-order valence-corrected chi connectivity index (χ0v) is 16.8. The normalized spacial score (nSPS) is 14.8. The molecule has 1 aliphatic heterocycles. The van der Waals surface area contributed by atoms with Crippen molar-refractivity contribution in [3.8, 4) is 5.75 Å². The van der Waals surface area contributed by atoms with Crippen LogP contribution in [0.5, 0.6) is 5.75 Å². The van der Waals surface area contributed by atoms with Crippen LogP contribution in [-0.4, -0.2) is 43.7 Å². The van der Waals surface area contributed by atoms with Gasteiger partial charge in [-0.2, -0.15) is 0 Å². The lowest BCUT2D eigenvalue weighted by atomic mass is 10.1. The molecule has 0 radical (unpaired) electrons. The highest BCUT2D eigenvalue weighted by atomic mass is 32.2. The van der Waals surface area contributed by atoms with E-state index in [1.165, 1.54) is 42.5 Å². The number of benzene rings is 2. The van der Waals surface area contributed by atoms with Gasteiger partial charge in [0, 0.05) is 18.2 Å². The zero-order valence-electron chi connectivity index (χ0n) is 16.0. The van der Waals surface area contributed by atoms with Crippen molar-refractivity contribution in [2.24, 2.45) is 0 Å². The van der Waals surface area contributed by atoms with Crippen molar-refractivity contribution in [2.75, 3.05) is 13.2 Å². The fourth-order valence-electron chi connectivity index (χ4n) is 3.00. The number of hydrogen-bond acceptors (Lipinski definition) is 5. The third kappa shape index (κ3) is 4.24. The van der Waals surface area contributed by atoms with Gasteiger partial charge in [-0.1, -0.05) is 0 Å². The third-order valence-corrected chi connectivity index (χ3v) is 6.37. The Bertz CT molecular complexity index is 1040. The standard InChI is InChI=1S/C20H21FN2O5S/c1-13(2)23-20(25)17-9-4-14(12-18(17)29(23,26)27)19(24)22-10-3-11-28-16-7-5-15(21)6-8-16/h4-9,12-13H,3,10-11H2,1-2H3,(H,22,24). The summed E-state index contributed by atoms with van der Waals surface area (Å²) in [6, 6.07) is 9.13. The van der Waals surface area contributed by atoms with Crippen molar-refractivity contribution in [1.82, 2.24) is 9.62 Å². The molecule has 1 heterocycles. The molecule has 0 aromatic heterocycles. The molecule has 2 aromatic rings. The number of rotatable bonds is 7. The fourth-order valence-corrected chi connectivity index (χ4v) is 4.79. The molecule has 0 saturated carbocycles. The average Bonchev–Trinajstić information content (AvgIpc) is 2.88. The molecule has 3 rings (SSSR count). The summed E-state index contributed by atoms with van der Waals surface area (Å²) in [7, 11) is -3.96. The first-order valence-electron chi connectivity index (χ1n) is 9.11. The highest BCUT2D eigenvalue weighted by Gasteiger charge is 2.42. The lowest BCUT2D eigenvalue weighted by molar-refractivity contribution is 0.0845. The molecule has 9 heteroatoms. The molecule has 1 N–H and O–H groups in total. The molecule has 0 unspecified atom stereocenters. The Kier molecular flexibility index (Phi) is 5.88. The van der Waals surface area contributed by atoms with Crippen LogP contribution in [0.15, 0.2) is 47.4 Å². The summed E-state index contributed by atoms with van der Waals surface area (Å²) < 4.78 is 44.3. The number of nitrogens with zero attached hydrogens (tertiary/aromatic N) is 1. The number of carbonyl (C=O) groups is 2. The second-order valence-electron chi connectivity index (χ2n) is 6.82. The topological polar surface area (TPSA) is 92.8 Å². The number of hydrogen-bond donors (Lipinski definition) is 1. The Morgan fingerprint density at radius 3 is 2.52 bits per heavy atom. The predicted octanol–water partition coefficient (Wildman–Crippen LogP) is 2.58. The van der Waals surface area contributed by atoms with E-state index in [9.17, 15) is 22.4 Å². The molecule has 1 aliphatic rings. The van der Waals surface area contributed by atoms with Crippen LogP contribution in [0.3, 0.4) is 0 Å². The Morgan fingerprint density at radius 1 is 1.17 bits per heavy atom. The van der Waals surface area contributed by atoms with Gasteiger partial charge in [-0.3, -0.25) is 9.59 Å². The monoisotopic (exact) mass is 420 g/mol. The Balaban J connectivity index is 1.58. The van der Waals surface area contributed by atoms with E-state index in [0.29, 0.717) is 25.3 Å². The van der Waals surface area contributed by atoms with Gasteiger partial charge in [0.05, 0.1) is 12.2 Å². The Hall–Kier alpha value is -2.94. The van der Waals surface area contributed by atoms with Crippen LogP contribution in [0, 0.1) is 5.82 Å². The maximum atomic E-state index is 12.8. The number of fused-ring (bicyclic) bond motifs is 1. The van der Waals surface area contributed by atoms with Crippen molar-refractivity contribution in [3.05, 3.63) is 59.4 Å². The van der Waals surface area contributed by atoms with Gasteiger partial charge in [-0.05, 0) is 62.7 Å². The van der Waals surface area contributed by atoms with Crippen molar-refractivity contribution in [3.63, 3.8) is 0 Å². The van der Waals surface area contributed by atoms with Crippen LogP contribution in [0.1, 0.15) is 41.0 Å². The minimum absolute atomic E-state index is 0.0722. The predicted molar refractivity (Wildman–Crippen MR) is 104 cm³/mol. The van der Waals surface area contributed by atoms with Gasteiger partial charge in [0.2, 0.25) is 0 Å². The molecule has 0 aliphatic carbocycles. The van der Waals surface area contributed by atoms with E-state index in [0.717, 1.165) is 4.31 Å². The van der Waals surface area contributed by atoms with Crippen LogP contribution in [0.25, 0.3) is 0 Å². The van der Waals surface area contributed by atoms with Gasteiger partial charge in [0.15, 0.2) is 0 Å². The smallest absolute Gasteiger partial charge is 0.269 e. The summed E-state index contributed by atoms with van der Waals surface area (Å²) >= 11 is 0. The summed E-state index contributed by atoms with van der Waals surface area (Å²) in [5.74, 6) is -0.847. The number of amides is 2. The number of ether oxygens (including phenoxy) is 1. The first-order chi connectivity index (χ1) is 13.7. The van der Waals surface area contributed by atoms with Crippen molar-refractivity contribution in [2.45, 2.75) is 31.2 Å². The summed E-state index contributed by atoms with van der Waals surface area (Å²) in [6.45, 7) is 3.86. The molecule has 0 saturated heterocycles. The van der Waals surface area contributed by atoms with Gasteiger partial charge in [-0.15, -0.1) is 0 Å². The van der Waals surface area contributed by atoms with E-state index in [1.807, 2.05) is 0 Å². The van der Waals surface area contributed by atoms with Gasteiger partial charge in [0.25, 0.3) is 21.8 Å². The maximum absolute atomic E-state index is 12.8. The van der Waals surface area contributed by atoms with Crippen LogP contribution in [-0.2, 0) is 10.0 Å². The molecule has 0 fully saturated rings. The van der Waals surface area contributed by atoms with Crippen LogP contribution in [0.2, 0.25) is 0 Å². The lowest BCUT2D eigenvalue weighted by Crippen LogP contribution is -2.36. The molecule has 154 valence electrons. The molecule has 0 bridgehead atoms. The third-order valence-electron chi connectivity index (χ3n) is 4.37. The van der Waals surface area contributed by atoms with Gasteiger partial charge >= 0.3 is 0 Å². The summed E-state index contributed by atoms with van der Waals surface area (Å²) in [5, 5.41) is 2.69. The van der Waals surface area contributed by atoms with Gasteiger partial charge in [0.1, 0.15) is 16.5 Å². The van der Waals surface area contributed by atoms with E-state index < -0.39 is 27.9 Å². The molecular weight excluding hydrogens is 399 g/mol. The highest BCUT2D eigenvalue weighted by Crippen LogP contribution is 2.32. The molecule has 7 nitrogen and oxygen atoms in total. The van der Waals surface area contributed by atoms with Crippen molar-refractivity contribution < 1.29 is 27.1 Å². The van der Waals surface area contributed by atoms with E-state index >= 15 is 0 Å². The Labute approximate surface area is 168 Å². The number of halogens is 1. The van der Waals surface area contributed by atoms with Crippen molar-refractivity contribution in [1.29, 1.82) is 0 Å². The molecule has 2 aromatic carbocycles. The van der Waals surface area contributed by atoms with Crippen LogP contribution >= 0.6 is 0 Å². The maximum Gasteiger partial charge on any atom is 0.269 e. The molecular formula is C20H21FN2O5S. The number of nitrogens with one attached hydrogen (secondary N) is 1. The second kappa shape index (κ2) is 8.20. The minimum atomic E-state index is -3.96. The minimum Gasteiger partial charge on any atom is -0.494 e. The summed E-state index contributed by atoms with van der Waals surface area (Å²) in [4.78, 5) is 24.5. The fraction of sp³-hybridized carbons (Fsp3) is 0.300. The highest BCUT2D eigenvalue weighted by molar-refractivity contribution is 7.90. The van der Waals surface area contributed by atoms with E-state index in [1.54, 1.807) is 13.8 Å². The average molecular weight is 420 g/mol. The molecule has 0 atom stereocenters. The number of sulfonamides is 1. The first kappa shape index (κ1) is 20.8. The summed E-state index contributed by atoms with van der Waals surface area (Å²) in [6.07, 6.45) is 0.506. The molecule has 2 amide bonds. The first-order valence-corrected chi connectivity index (χ1v) is 10.5. The molecule has 29 heavy (non-hydrogen) atoms. The molecule has 0 spiro atoms. The van der Waals surface area contributed by atoms with Gasteiger partial charge < -0.3 is 10.1 Å². The largest absolute Gasteiger partial charge is 0.494 e. The van der Waals surface area contributed by atoms with E-state index in [2.05, 4.69) is 5.32 Å². The van der Waals surface area contributed by atoms with Crippen LogP contribution < -0.4 is 10.1 Å². The van der Waals surface area contributed by atoms with E-state index in [-0.39, 0.29) is 21.8 Å². The second-order valence-corrected chi connectivity index (χ2v) is 8.61. The SMILES string of the molecule is CC(C)N1C(=O)c2ccc(C(=O)NCCCOc3ccc(F)cc3)cc2S1(=O)=O. The lowest BCUT2D eigenvalue weighted by Gasteiger charge is -2.18. The zero-order chi connectivity index (χ0) is 21.2. The van der Waals surface area contributed by atoms with Gasteiger partial charge in [-0.25, -0.2) is 17.1 Å². The summed E-state index contributed by atoms with van der Waals surface area (Å²) in [5.41, 5.74) is 0.230. The Morgan fingerprint density at radius 2 is 1.86 bits per heavy atom. The van der Waals surface area contributed by atoms with Crippen molar-refractivity contribution >= 4 is 21.8 Å².